The van der Waals surface area contributed by atoms with Crippen LogP contribution in [0.25, 0.3) is 0 Å². The van der Waals surface area contributed by atoms with Crippen LogP contribution >= 0.6 is 0 Å². The Morgan fingerprint density at radius 1 is 1.30 bits per heavy atom. The summed E-state index contributed by atoms with van der Waals surface area (Å²) < 4.78 is 0. The van der Waals surface area contributed by atoms with E-state index in [1.165, 1.54) is 12.8 Å². The maximum atomic E-state index is 8.81. The van der Waals surface area contributed by atoms with Crippen LogP contribution in [0.2, 0.25) is 0 Å². The molecule has 0 atom stereocenters. The Kier molecular flexibility index (Phi) is 5.33. The van der Waals surface area contributed by atoms with E-state index in [0.29, 0.717) is 0 Å². The summed E-state index contributed by atoms with van der Waals surface area (Å²) in [5.41, 5.74) is 0. The molecular formula is C7H11NO2. The molecule has 3 heteroatoms. The van der Waals surface area contributed by atoms with Crippen LogP contribution in [0.5, 0.6) is 0 Å². The molecule has 10 heavy (non-hydrogen) atoms. The van der Waals surface area contributed by atoms with Crippen LogP contribution in [-0.2, 0) is 0 Å². The van der Waals surface area contributed by atoms with Crippen molar-refractivity contribution >= 4 is 0 Å². The summed E-state index contributed by atoms with van der Waals surface area (Å²) in [5.74, 6) is 0. The first-order valence-corrected chi connectivity index (χ1v) is 3.13. The molecule has 1 rings (SSSR count). The minimum Gasteiger partial charge on any atom is -0.265 e. The zero-order valence-corrected chi connectivity index (χ0v) is 5.99. The van der Waals surface area contributed by atoms with Crippen LogP contribution in [0.1, 0.15) is 12.8 Å². The van der Waals surface area contributed by atoms with E-state index in [2.05, 4.69) is 24.3 Å². The molecule has 0 saturated carbocycles. The van der Waals surface area contributed by atoms with Gasteiger partial charge < -0.3 is 0 Å². The van der Waals surface area contributed by atoms with Gasteiger partial charge in [-0.3, -0.25) is 10.1 Å². The van der Waals surface area contributed by atoms with Gasteiger partial charge in [-0.25, -0.2) is 0 Å². The van der Waals surface area contributed by atoms with E-state index < -0.39 is 4.92 Å². The molecule has 0 aromatic rings. The van der Waals surface area contributed by atoms with Crippen LogP contribution in [0.15, 0.2) is 24.3 Å². The van der Waals surface area contributed by atoms with Crippen molar-refractivity contribution in [1.82, 2.24) is 0 Å². The topological polar surface area (TPSA) is 43.1 Å². The molecule has 56 valence electrons. The van der Waals surface area contributed by atoms with Gasteiger partial charge in [0.25, 0.3) is 0 Å². The van der Waals surface area contributed by atoms with E-state index in [1.807, 2.05) is 0 Å². The van der Waals surface area contributed by atoms with E-state index in [0.717, 1.165) is 7.05 Å². The van der Waals surface area contributed by atoms with Crippen molar-refractivity contribution in [2.24, 2.45) is 0 Å². The molecule has 0 heterocycles. The average Bonchev–Trinajstić information content (AvgIpc) is 1.90. The summed E-state index contributed by atoms with van der Waals surface area (Å²) in [6.07, 6.45) is 11.0. The van der Waals surface area contributed by atoms with Crippen molar-refractivity contribution in [3.8, 4) is 0 Å². The highest BCUT2D eigenvalue weighted by Crippen LogP contribution is 1.98. The van der Waals surface area contributed by atoms with Gasteiger partial charge in [-0.05, 0) is 12.8 Å². The molecule has 0 N–H and O–H groups in total. The Hall–Kier alpha value is -1.12. The molecule has 1 aliphatic rings. The quantitative estimate of drug-likeness (QED) is 0.381. The molecule has 0 bridgehead atoms. The lowest BCUT2D eigenvalue weighted by atomic mass is 10.2. The molecular weight excluding hydrogens is 130 g/mol. The Bertz CT molecular complexity index is 134. The molecule has 0 aliphatic heterocycles. The Balaban J connectivity index is 0.000000180. The number of hydrogen-bond donors (Lipinski definition) is 0. The molecule has 1 aliphatic carbocycles. The van der Waals surface area contributed by atoms with Gasteiger partial charge in [0.15, 0.2) is 7.05 Å². The highest BCUT2D eigenvalue weighted by atomic mass is 16.6. The summed E-state index contributed by atoms with van der Waals surface area (Å²) >= 11 is 0. The van der Waals surface area contributed by atoms with E-state index in [1.54, 1.807) is 0 Å². The molecule has 0 aromatic carbocycles. The molecule has 0 spiro atoms. The average molecular weight is 141 g/mol. The molecule has 0 saturated heterocycles. The van der Waals surface area contributed by atoms with Crippen molar-refractivity contribution in [2.75, 3.05) is 7.05 Å². The lowest BCUT2D eigenvalue weighted by molar-refractivity contribution is -0.445. The molecule has 0 fully saturated rings. The smallest absolute Gasteiger partial charge is 0.194 e. The number of nitrogens with zero attached hydrogens (tertiary/aromatic N) is 1. The minimum absolute atomic E-state index is 0.500. The van der Waals surface area contributed by atoms with Crippen LogP contribution < -0.4 is 0 Å². The number of rotatable bonds is 0. The van der Waals surface area contributed by atoms with E-state index in [9.17, 15) is 0 Å². The molecule has 0 radical (unpaired) electrons. The zero-order chi connectivity index (χ0) is 7.82. The Morgan fingerprint density at radius 3 is 1.70 bits per heavy atom. The van der Waals surface area contributed by atoms with Crippen molar-refractivity contribution in [2.45, 2.75) is 12.8 Å². The van der Waals surface area contributed by atoms with Crippen molar-refractivity contribution in [1.29, 1.82) is 0 Å². The molecule has 0 unspecified atom stereocenters. The summed E-state index contributed by atoms with van der Waals surface area (Å²) in [6.45, 7) is 0. The maximum absolute atomic E-state index is 8.81. The first kappa shape index (κ1) is 8.88. The second kappa shape index (κ2) is 6.01. The molecule has 0 amide bonds. The van der Waals surface area contributed by atoms with Gasteiger partial charge in [-0.2, -0.15) is 0 Å². The Morgan fingerprint density at radius 2 is 1.60 bits per heavy atom. The summed E-state index contributed by atoms with van der Waals surface area (Å²) in [4.78, 5) is 8.31. The van der Waals surface area contributed by atoms with Crippen molar-refractivity contribution in [3.05, 3.63) is 34.4 Å². The van der Waals surface area contributed by atoms with Crippen molar-refractivity contribution in [3.63, 3.8) is 0 Å². The lowest BCUT2D eigenvalue weighted by Crippen LogP contribution is -1.79. The first-order valence-electron chi connectivity index (χ1n) is 3.13. The van der Waals surface area contributed by atoms with Crippen molar-refractivity contribution < 1.29 is 4.92 Å². The predicted octanol–water partition coefficient (Wildman–Crippen LogP) is 1.79. The largest absolute Gasteiger partial charge is 0.265 e. The number of nitro groups is 1. The Labute approximate surface area is 60.2 Å². The van der Waals surface area contributed by atoms with Gasteiger partial charge in [-0.15, -0.1) is 0 Å². The fourth-order valence-electron chi connectivity index (χ4n) is 0.542. The van der Waals surface area contributed by atoms with E-state index >= 15 is 0 Å². The lowest BCUT2D eigenvalue weighted by Gasteiger charge is -1.88. The van der Waals surface area contributed by atoms with Gasteiger partial charge >= 0.3 is 0 Å². The summed E-state index contributed by atoms with van der Waals surface area (Å²) in [5, 5.41) is 8.81. The third-order valence-electron chi connectivity index (χ3n) is 0.883. The van der Waals surface area contributed by atoms with Crippen LogP contribution in [0.3, 0.4) is 0 Å². The van der Waals surface area contributed by atoms with E-state index in [4.69, 9.17) is 10.1 Å². The van der Waals surface area contributed by atoms with Crippen LogP contribution in [-0.4, -0.2) is 12.0 Å². The standard InChI is InChI=1S/C6H8.CH3NO2/c1-2-4-6-5-3-1;1-2(3)4/h1-4H,5-6H2;1H3. The monoisotopic (exact) mass is 141 g/mol. The number of hydrogen-bond acceptors (Lipinski definition) is 2. The van der Waals surface area contributed by atoms with Crippen LogP contribution in [0.4, 0.5) is 0 Å². The second-order valence-electron chi connectivity index (χ2n) is 1.87. The highest BCUT2D eigenvalue weighted by molar-refractivity contribution is 5.07. The van der Waals surface area contributed by atoms with Gasteiger partial charge in [0.05, 0.1) is 0 Å². The molecule has 0 aromatic heterocycles. The maximum Gasteiger partial charge on any atom is 0.194 e. The summed E-state index contributed by atoms with van der Waals surface area (Å²) in [6, 6.07) is 0. The number of allylic oxidation sites excluding steroid dienone is 4. The van der Waals surface area contributed by atoms with Gasteiger partial charge in [0.1, 0.15) is 0 Å². The SMILES string of the molecule is C1=CCCC=C1.C[N+](=O)[O-]. The van der Waals surface area contributed by atoms with Gasteiger partial charge in [-0.1, -0.05) is 24.3 Å². The molecule has 3 nitrogen and oxygen atoms in total. The highest BCUT2D eigenvalue weighted by Gasteiger charge is 1.77. The van der Waals surface area contributed by atoms with E-state index in [-0.39, 0.29) is 0 Å². The van der Waals surface area contributed by atoms with Gasteiger partial charge in [0.2, 0.25) is 0 Å². The zero-order valence-electron chi connectivity index (χ0n) is 5.99. The fraction of sp³-hybridized carbons (Fsp3) is 0.429. The first-order chi connectivity index (χ1) is 4.73. The second-order valence-corrected chi connectivity index (χ2v) is 1.87. The fourth-order valence-corrected chi connectivity index (χ4v) is 0.542. The minimum atomic E-state index is -0.500. The third-order valence-corrected chi connectivity index (χ3v) is 0.883. The summed E-state index contributed by atoms with van der Waals surface area (Å²) in [7, 11) is 0.889. The normalized spacial score (nSPS) is 13.7. The van der Waals surface area contributed by atoms with Gasteiger partial charge in [0, 0.05) is 4.92 Å². The predicted molar refractivity (Wildman–Crippen MR) is 40.4 cm³/mol. The third kappa shape index (κ3) is 9.99. The van der Waals surface area contributed by atoms with Crippen LogP contribution in [0, 0.1) is 10.1 Å².